The summed E-state index contributed by atoms with van der Waals surface area (Å²) in [7, 11) is 0. The van der Waals surface area contributed by atoms with E-state index in [9.17, 15) is 0 Å². The Morgan fingerprint density at radius 1 is 0.920 bits per heavy atom. The van der Waals surface area contributed by atoms with E-state index in [0.717, 1.165) is 17.4 Å². The van der Waals surface area contributed by atoms with Gasteiger partial charge in [-0.25, -0.2) is 0 Å². The summed E-state index contributed by atoms with van der Waals surface area (Å²) in [5.41, 5.74) is 8.35. The molecule has 2 heterocycles. The molecule has 0 bridgehead atoms. The first kappa shape index (κ1) is 15.5. The van der Waals surface area contributed by atoms with E-state index >= 15 is 0 Å². The van der Waals surface area contributed by atoms with Crippen LogP contribution < -0.4 is 5.73 Å². The van der Waals surface area contributed by atoms with Gasteiger partial charge in [0, 0.05) is 24.2 Å². The monoisotopic (exact) mass is 330 g/mol. The number of pyridine rings is 1. The Kier molecular flexibility index (Phi) is 4.23. The van der Waals surface area contributed by atoms with E-state index in [-0.39, 0.29) is 6.04 Å². The van der Waals surface area contributed by atoms with Crippen molar-refractivity contribution in [3.63, 3.8) is 0 Å². The molecule has 0 radical (unpaired) electrons. The van der Waals surface area contributed by atoms with Gasteiger partial charge in [-0.3, -0.25) is 4.98 Å². The van der Waals surface area contributed by atoms with Crippen LogP contribution in [0.15, 0.2) is 71.5 Å². The van der Waals surface area contributed by atoms with Crippen molar-refractivity contribution in [1.29, 1.82) is 0 Å². The maximum Gasteiger partial charge on any atom is 0.227 e. The lowest BCUT2D eigenvalue weighted by molar-refractivity contribution is 0.371. The molecule has 0 aliphatic heterocycles. The number of benzene rings is 2. The highest BCUT2D eigenvalue weighted by atomic mass is 16.5. The van der Waals surface area contributed by atoms with Crippen molar-refractivity contribution in [3.8, 4) is 0 Å². The molecule has 0 fully saturated rings. The third-order valence-electron chi connectivity index (χ3n) is 4.28. The van der Waals surface area contributed by atoms with E-state index in [4.69, 9.17) is 10.3 Å². The minimum Gasteiger partial charge on any atom is -0.339 e. The molecule has 0 spiro atoms. The zero-order chi connectivity index (χ0) is 17.1. The molecular weight excluding hydrogens is 312 g/mol. The summed E-state index contributed by atoms with van der Waals surface area (Å²) in [6.45, 7) is 0. The van der Waals surface area contributed by atoms with E-state index in [1.165, 1.54) is 10.9 Å². The Hall–Kier alpha value is -3.05. The van der Waals surface area contributed by atoms with Crippen molar-refractivity contribution in [1.82, 2.24) is 15.1 Å². The van der Waals surface area contributed by atoms with Crippen LogP contribution >= 0.6 is 0 Å². The number of nitrogens with zero attached hydrogens (tertiary/aromatic N) is 3. The molecule has 4 aromatic rings. The Bertz CT molecular complexity index is 976. The lowest BCUT2D eigenvalue weighted by atomic mass is 10.0. The molecule has 0 saturated heterocycles. The molecule has 1 atom stereocenters. The van der Waals surface area contributed by atoms with Crippen LogP contribution in [0.4, 0.5) is 0 Å². The fourth-order valence-corrected chi connectivity index (χ4v) is 2.93. The predicted octanol–water partition coefficient (Wildman–Crippen LogP) is 3.45. The fraction of sp³-hybridized carbons (Fsp3) is 0.150. The minimum absolute atomic E-state index is 0.377. The van der Waals surface area contributed by atoms with Crippen molar-refractivity contribution in [2.45, 2.75) is 18.9 Å². The number of aromatic nitrogens is 3. The van der Waals surface area contributed by atoms with Crippen molar-refractivity contribution in [2.75, 3.05) is 0 Å². The lowest BCUT2D eigenvalue weighted by Crippen LogP contribution is -2.13. The van der Waals surface area contributed by atoms with E-state index in [0.29, 0.717) is 18.1 Å². The SMILES string of the molecule is NC(c1ccccc1)c1noc(CCc2cncc3ccccc23)n1. The van der Waals surface area contributed by atoms with E-state index in [1.807, 2.05) is 54.9 Å². The van der Waals surface area contributed by atoms with Gasteiger partial charge in [-0.2, -0.15) is 4.98 Å². The number of nitrogens with two attached hydrogens (primary N) is 1. The van der Waals surface area contributed by atoms with Crippen molar-refractivity contribution in [3.05, 3.63) is 89.8 Å². The lowest BCUT2D eigenvalue weighted by Gasteiger charge is -2.06. The molecule has 0 aliphatic rings. The summed E-state index contributed by atoms with van der Waals surface area (Å²) in [5, 5.41) is 6.38. The van der Waals surface area contributed by atoms with Crippen LogP contribution in [0.5, 0.6) is 0 Å². The van der Waals surface area contributed by atoms with Gasteiger partial charge in [0.05, 0.1) is 6.04 Å². The van der Waals surface area contributed by atoms with Gasteiger partial charge in [-0.15, -0.1) is 0 Å². The summed E-state index contributed by atoms with van der Waals surface area (Å²) < 4.78 is 5.38. The molecule has 25 heavy (non-hydrogen) atoms. The largest absolute Gasteiger partial charge is 0.339 e. The number of hydrogen-bond acceptors (Lipinski definition) is 5. The van der Waals surface area contributed by atoms with E-state index in [1.54, 1.807) is 0 Å². The zero-order valence-corrected chi connectivity index (χ0v) is 13.7. The van der Waals surface area contributed by atoms with Gasteiger partial charge < -0.3 is 10.3 Å². The van der Waals surface area contributed by atoms with Crippen LogP contribution in [-0.4, -0.2) is 15.1 Å². The first-order valence-corrected chi connectivity index (χ1v) is 8.26. The average molecular weight is 330 g/mol. The third kappa shape index (κ3) is 3.27. The predicted molar refractivity (Wildman–Crippen MR) is 95.9 cm³/mol. The van der Waals surface area contributed by atoms with Crippen LogP contribution in [0.1, 0.15) is 28.9 Å². The van der Waals surface area contributed by atoms with Crippen LogP contribution in [0.2, 0.25) is 0 Å². The second-order valence-corrected chi connectivity index (χ2v) is 5.95. The van der Waals surface area contributed by atoms with Gasteiger partial charge in [-0.1, -0.05) is 59.8 Å². The molecule has 5 heteroatoms. The molecule has 2 aromatic heterocycles. The zero-order valence-electron chi connectivity index (χ0n) is 13.7. The summed E-state index contributed by atoms with van der Waals surface area (Å²) >= 11 is 0. The Morgan fingerprint density at radius 2 is 1.72 bits per heavy atom. The Labute approximate surface area is 145 Å². The highest BCUT2D eigenvalue weighted by Crippen LogP contribution is 2.20. The molecule has 0 saturated carbocycles. The van der Waals surface area contributed by atoms with Crippen molar-refractivity contribution < 1.29 is 4.52 Å². The molecule has 0 amide bonds. The van der Waals surface area contributed by atoms with E-state index < -0.39 is 0 Å². The highest BCUT2D eigenvalue weighted by Gasteiger charge is 2.16. The minimum atomic E-state index is -0.377. The summed E-state index contributed by atoms with van der Waals surface area (Å²) in [6, 6.07) is 17.6. The highest BCUT2D eigenvalue weighted by molar-refractivity contribution is 5.84. The van der Waals surface area contributed by atoms with Gasteiger partial charge >= 0.3 is 0 Å². The van der Waals surface area contributed by atoms with Gasteiger partial charge in [0.1, 0.15) is 0 Å². The smallest absolute Gasteiger partial charge is 0.227 e. The first-order chi connectivity index (χ1) is 12.3. The molecule has 2 aromatic carbocycles. The van der Waals surface area contributed by atoms with Gasteiger partial charge in [0.15, 0.2) is 5.82 Å². The fourth-order valence-electron chi connectivity index (χ4n) is 2.93. The molecule has 2 N–H and O–H groups in total. The molecule has 4 rings (SSSR count). The van der Waals surface area contributed by atoms with Crippen LogP contribution in [0.25, 0.3) is 10.8 Å². The van der Waals surface area contributed by atoms with Gasteiger partial charge in [0.25, 0.3) is 0 Å². The average Bonchev–Trinajstić information content (AvgIpc) is 3.15. The molecular formula is C20H18N4O. The van der Waals surface area contributed by atoms with Gasteiger partial charge in [-0.05, 0) is 22.9 Å². The van der Waals surface area contributed by atoms with Gasteiger partial charge in [0.2, 0.25) is 5.89 Å². The van der Waals surface area contributed by atoms with Crippen LogP contribution in [0, 0.1) is 0 Å². The summed E-state index contributed by atoms with van der Waals surface area (Å²) in [5.74, 6) is 1.10. The van der Waals surface area contributed by atoms with Crippen molar-refractivity contribution >= 4 is 10.8 Å². The normalized spacial score (nSPS) is 12.4. The second-order valence-electron chi connectivity index (χ2n) is 5.95. The topological polar surface area (TPSA) is 77.8 Å². The first-order valence-electron chi connectivity index (χ1n) is 8.26. The Balaban J connectivity index is 1.50. The van der Waals surface area contributed by atoms with E-state index in [2.05, 4.69) is 27.3 Å². The third-order valence-corrected chi connectivity index (χ3v) is 4.28. The maximum absolute atomic E-state index is 6.22. The molecule has 124 valence electrons. The van der Waals surface area contributed by atoms with Crippen molar-refractivity contribution in [2.24, 2.45) is 5.73 Å². The number of aryl methyl sites for hydroxylation is 2. The molecule has 5 nitrogen and oxygen atoms in total. The number of hydrogen-bond donors (Lipinski definition) is 1. The van der Waals surface area contributed by atoms with Crippen LogP contribution in [0.3, 0.4) is 0 Å². The maximum atomic E-state index is 6.22. The summed E-state index contributed by atoms with van der Waals surface area (Å²) in [6.07, 6.45) is 5.22. The summed E-state index contributed by atoms with van der Waals surface area (Å²) in [4.78, 5) is 8.77. The number of rotatable bonds is 5. The molecule has 1 unspecified atom stereocenters. The standard InChI is InChI=1S/C20H18N4O/c21-19(14-6-2-1-3-7-14)20-23-18(25-24-20)11-10-16-13-22-12-15-8-4-5-9-17(15)16/h1-9,12-13,19H,10-11,21H2. The van der Waals surface area contributed by atoms with Crippen LogP contribution in [-0.2, 0) is 12.8 Å². The second kappa shape index (κ2) is 6.83. The molecule has 0 aliphatic carbocycles. The number of fused-ring (bicyclic) bond motifs is 1. The Morgan fingerprint density at radius 3 is 2.60 bits per heavy atom. The quantitative estimate of drug-likeness (QED) is 0.606.